The van der Waals surface area contributed by atoms with Crippen LogP contribution in [0.1, 0.15) is 23.6 Å². The lowest BCUT2D eigenvalue weighted by molar-refractivity contribution is -0.111. The molecule has 0 bridgehead atoms. The maximum Gasteiger partial charge on any atom is 0.175 e. The third kappa shape index (κ3) is 4.08. The lowest BCUT2D eigenvalue weighted by Gasteiger charge is -2.12. The van der Waals surface area contributed by atoms with E-state index in [9.17, 15) is 13.2 Å². The second-order valence-electron chi connectivity index (χ2n) is 5.65. The van der Waals surface area contributed by atoms with Crippen LogP contribution in [0.15, 0.2) is 53.4 Å². The van der Waals surface area contributed by atoms with Crippen molar-refractivity contribution < 1.29 is 13.2 Å². The topological polar surface area (TPSA) is 51.2 Å². The number of benzene rings is 2. The third-order valence-corrected chi connectivity index (χ3v) is 5.12. The number of Topliss-reactive ketones (excluding diaryl/α,β-unsaturated/α-hetero) is 1. The smallest absolute Gasteiger partial charge is 0.175 e. The molecule has 0 heterocycles. The zero-order chi connectivity index (χ0) is 17.9. The molecule has 0 fully saturated rings. The van der Waals surface area contributed by atoms with Crippen molar-refractivity contribution in [1.82, 2.24) is 0 Å². The highest BCUT2D eigenvalue weighted by Crippen LogP contribution is 2.27. The Morgan fingerprint density at radius 1 is 0.958 bits per heavy atom. The van der Waals surface area contributed by atoms with Crippen LogP contribution >= 0.6 is 8.86 Å². The average Bonchev–Trinajstić information content (AvgIpc) is 2.52. The summed E-state index contributed by atoms with van der Waals surface area (Å²) >= 11 is 0. The van der Waals surface area contributed by atoms with Crippen molar-refractivity contribution in [2.24, 2.45) is 0 Å². The Hall–Kier alpha value is -2.03. The molecule has 3 nitrogen and oxygen atoms in total. The van der Waals surface area contributed by atoms with E-state index in [2.05, 4.69) is 8.86 Å². The SMILES string of the molecule is CC(=O)/C(=C(\C=P)c1ccc(S(C)(=O)=O)cc1)c1ccc(C)cc1. The van der Waals surface area contributed by atoms with Gasteiger partial charge in [0.05, 0.1) is 4.90 Å². The zero-order valence-electron chi connectivity index (χ0n) is 13.8. The first kappa shape index (κ1) is 18.3. The summed E-state index contributed by atoms with van der Waals surface area (Å²) < 4.78 is 23.2. The largest absolute Gasteiger partial charge is 0.294 e. The molecule has 0 aliphatic heterocycles. The lowest BCUT2D eigenvalue weighted by atomic mass is 9.93. The van der Waals surface area contributed by atoms with Crippen LogP contribution in [-0.4, -0.2) is 26.3 Å². The van der Waals surface area contributed by atoms with Gasteiger partial charge in [0.2, 0.25) is 0 Å². The highest BCUT2D eigenvalue weighted by molar-refractivity contribution is 7.90. The normalized spacial score (nSPS) is 12.5. The lowest BCUT2D eigenvalue weighted by Crippen LogP contribution is -2.02. The minimum atomic E-state index is -3.25. The van der Waals surface area contributed by atoms with Crippen LogP contribution in [0.3, 0.4) is 0 Å². The van der Waals surface area contributed by atoms with Gasteiger partial charge < -0.3 is 0 Å². The molecule has 0 aliphatic carbocycles. The zero-order valence-corrected chi connectivity index (χ0v) is 15.6. The van der Waals surface area contributed by atoms with Crippen LogP contribution in [0.4, 0.5) is 0 Å². The summed E-state index contributed by atoms with van der Waals surface area (Å²) in [6, 6.07) is 14.2. The Morgan fingerprint density at radius 2 is 1.46 bits per heavy atom. The molecular weight excluding hydrogens is 339 g/mol. The van der Waals surface area contributed by atoms with Gasteiger partial charge >= 0.3 is 0 Å². The first-order chi connectivity index (χ1) is 11.2. The second-order valence-corrected chi connectivity index (χ2v) is 7.96. The molecule has 2 aromatic rings. The molecule has 0 N–H and O–H groups in total. The van der Waals surface area contributed by atoms with Crippen molar-refractivity contribution in [3.8, 4) is 0 Å². The molecular formula is C19H19O3PS. The van der Waals surface area contributed by atoms with E-state index in [0.717, 1.165) is 16.7 Å². The van der Waals surface area contributed by atoms with Crippen molar-refractivity contribution in [2.75, 3.05) is 6.26 Å². The quantitative estimate of drug-likeness (QED) is 0.463. The molecule has 0 spiro atoms. The molecule has 0 aliphatic rings. The van der Waals surface area contributed by atoms with E-state index in [1.807, 2.05) is 31.2 Å². The van der Waals surface area contributed by atoms with Gasteiger partial charge in [-0.05, 0) is 48.5 Å². The first-order valence-electron chi connectivity index (χ1n) is 7.37. The van der Waals surface area contributed by atoms with E-state index in [4.69, 9.17) is 0 Å². The molecule has 124 valence electrons. The minimum Gasteiger partial charge on any atom is -0.294 e. The van der Waals surface area contributed by atoms with Crippen molar-refractivity contribution in [2.45, 2.75) is 18.7 Å². The fourth-order valence-electron chi connectivity index (χ4n) is 2.45. The Kier molecular flexibility index (Phi) is 5.53. The monoisotopic (exact) mass is 358 g/mol. The first-order valence-corrected chi connectivity index (χ1v) is 9.84. The van der Waals surface area contributed by atoms with Crippen LogP contribution in [0.5, 0.6) is 0 Å². The van der Waals surface area contributed by atoms with Crippen LogP contribution in [-0.2, 0) is 14.6 Å². The van der Waals surface area contributed by atoms with Gasteiger partial charge in [0.25, 0.3) is 0 Å². The highest BCUT2D eigenvalue weighted by atomic mass is 32.2. The van der Waals surface area contributed by atoms with Gasteiger partial charge in [0.1, 0.15) is 0 Å². The van der Waals surface area contributed by atoms with Crippen molar-refractivity contribution in [1.29, 1.82) is 0 Å². The fourth-order valence-corrected chi connectivity index (χ4v) is 3.39. The van der Waals surface area contributed by atoms with Gasteiger partial charge in [-0.1, -0.05) is 42.0 Å². The number of allylic oxidation sites excluding steroid dienone is 2. The van der Waals surface area contributed by atoms with Gasteiger partial charge in [-0.15, -0.1) is 8.86 Å². The summed E-state index contributed by atoms with van der Waals surface area (Å²) in [7, 11) is 0.141. The Morgan fingerprint density at radius 3 is 1.88 bits per heavy atom. The number of aryl methyl sites for hydroxylation is 1. The standard InChI is InChI=1S/C19H19O3PS/c1-13-4-6-16(7-5-13)19(14(2)20)18(12-23)15-8-10-17(11-9-15)24(3,21)22/h4-12,23H,1-3H3/b19-18-. The van der Waals surface area contributed by atoms with Gasteiger partial charge in [-0.25, -0.2) is 8.42 Å². The van der Waals surface area contributed by atoms with Crippen molar-refractivity contribution in [3.63, 3.8) is 0 Å². The van der Waals surface area contributed by atoms with Crippen molar-refractivity contribution >= 4 is 41.4 Å². The summed E-state index contributed by atoms with van der Waals surface area (Å²) in [5, 5.41) is 0. The van der Waals surface area contributed by atoms with Gasteiger partial charge in [-0.2, -0.15) is 0 Å². The molecule has 5 heteroatoms. The van der Waals surface area contributed by atoms with Crippen LogP contribution in [0.25, 0.3) is 11.1 Å². The van der Waals surface area contributed by atoms with E-state index >= 15 is 0 Å². The second kappa shape index (κ2) is 7.25. The Bertz CT molecular complexity index is 906. The average molecular weight is 358 g/mol. The number of hydrogen-bond acceptors (Lipinski definition) is 3. The van der Waals surface area contributed by atoms with E-state index in [-0.39, 0.29) is 10.7 Å². The predicted molar refractivity (Wildman–Crippen MR) is 103 cm³/mol. The molecule has 24 heavy (non-hydrogen) atoms. The highest BCUT2D eigenvalue weighted by Gasteiger charge is 2.15. The van der Waals surface area contributed by atoms with Crippen LogP contribution < -0.4 is 0 Å². The maximum atomic E-state index is 12.2. The van der Waals surface area contributed by atoms with Gasteiger partial charge in [0.15, 0.2) is 15.6 Å². The Labute approximate surface area is 145 Å². The van der Waals surface area contributed by atoms with E-state index in [1.165, 1.54) is 13.2 Å². The van der Waals surface area contributed by atoms with Gasteiger partial charge in [0, 0.05) is 11.8 Å². The molecule has 0 amide bonds. The number of rotatable bonds is 5. The Balaban J connectivity index is 2.64. The number of ketones is 1. The van der Waals surface area contributed by atoms with Crippen LogP contribution in [0.2, 0.25) is 0 Å². The molecule has 0 saturated carbocycles. The number of sulfone groups is 1. The molecule has 2 rings (SSSR count). The summed E-state index contributed by atoms with van der Waals surface area (Å²) in [5.41, 5.74) is 4.00. The van der Waals surface area contributed by atoms with Crippen LogP contribution in [0, 0.1) is 6.92 Å². The summed E-state index contributed by atoms with van der Waals surface area (Å²) in [6.45, 7) is 3.51. The third-order valence-electron chi connectivity index (χ3n) is 3.70. The maximum absolute atomic E-state index is 12.2. The summed E-state index contributed by atoms with van der Waals surface area (Å²) in [6.07, 6.45) is 1.17. The van der Waals surface area contributed by atoms with E-state index in [1.54, 1.807) is 30.1 Å². The molecule has 0 saturated heterocycles. The molecule has 0 atom stereocenters. The number of carbonyl (C=O) groups is 1. The molecule has 0 unspecified atom stereocenters. The summed E-state index contributed by atoms with van der Waals surface area (Å²) in [5.74, 6) is 1.63. The number of hydrogen-bond donors (Lipinski definition) is 0. The minimum absolute atomic E-state index is 0.0597. The van der Waals surface area contributed by atoms with E-state index in [0.29, 0.717) is 11.1 Å². The number of carbonyl (C=O) groups excluding carboxylic acids is 1. The van der Waals surface area contributed by atoms with Crippen molar-refractivity contribution in [3.05, 3.63) is 65.2 Å². The van der Waals surface area contributed by atoms with E-state index < -0.39 is 9.84 Å². The predicted octanol–water partition coefficient (Wildman–Crippen LogP) is 3.84. The molecule has 0 radical (unpaired) electrons. The molecule has 0 aromatic heterocycles. The molecule has 2 aromatic carbocycles. The fraction of sp³-hybridized carbons (Fsp3) is 0.158. The van der Waals surface area contributed by atoms with Gasteiger partial charge in [-0.3, -0.25) is 4.79 Å². The summed E-state index contributed by atoms with van der Waals surface area (Å²) in [4.78, 5) is 12.5.